The number of piperidine rings is 1. The van der Waals surface area contributed by atoms with Crippen LogP contribution in [0.2, 0.25) is 0 Å². The Morgan fingerprint density at radius 2 is 2.09 bits per heavy atom. The monoisotopic (exact) mass is 305 g/mol. The molecule has 2 atom stereocenters. The van der Waals surface area contributed by atoms with Gasteiger partial charge >= 0.3 is 6.09 Å². The van der Waals surface area contributed by atoms with Crippen molar-refractivity contribution < 1.29 is 19.4 Å². The predicted molar refractivity (Wildman–Crippen MR) is 83.5 cm³/mol. The van der Waals surface area contributed by atoms with Crippen molar-refractivity contribution in [3.63, 3.8) is 0 Å². The van der Waals surface area contributed by atoms with E-state index < -0.39 is 0 Å². The highest BCUT2D eigenvalue weighted by Gasteiger charge is 2.33. The lowest BCUT2D eigenvalue weighted by Crippen LogP contribution is -2.49. The summed E-state index contributed by atoms with van der Waals surface area (Å²) in [6.45, 7) is 4.70. The van der Waals surface area contributed by atoms with Gasteiger partial charge in [-0.25, -0.2) is 4.79 Å². The molecule has 120 valence electrons. The van der Waals surface area contributed by atoms with E-state index in [1.165, 1.54) is 0 Å². The molecule has 1 aliphatic heterocycles. The van der Waals surface area contributed by atoms with Crippen LogP contribution < -0.4 is 0 Å². The minimum Gasteiger partial charge on any atom is -0.513 e. The van der Waals surface area contributed by atoms with Gasteiger partial charge in [-0.15, -0.1) is 0 Å². The van der Waals surface area contributed by atoms with Crippen molar-refractivity contribution in [3.8, 4) is 0 Å². The first-order valence-electron chi connectivity index (χ1n) is 7.45. The summed E-state index contributed by atoms with van der Waals surface area (Å²) >= 11 is 0. The van der Waals surface area contributed by atoms with E-state index in [0.717, 1.165) is 18.4 Å². The topological polar surface area (TPSA) is 59.0 Å². The van der Waals surface area contributed by atoms with Crippen LogP contribution in [-0.2, 0) is 16.1 Å². The second-order valence-corrected chi connectivity index (χ2v) is 5.57. The lowest BCUT2D eigenvalue weighted by molar-refractivity contribution is 0.0257. The van der Waals surface area contributed by atoms with Gasteiger partial charge in [0.15, 0.2) is 0 Å². The van der Waals surface area contributed by atoms with Crippen LogP contribution >= 0.6 is 0 Å². The average molecular weight is 305 g/mol. The van der Waals surface area contributed by atoms with Crippen LogP contribution in [-0.4, -0.2) is 42.4 Å². The van der Waals surface area contributed by atoms with Crippen molar-refractivity contribution in [2.75, 3.05) is 20.3 Å². The van der Waals surface area contributed by atoms with Crippen LogP contribution in [0.25, 0.3) is 0 Å². The SMILES string of the molecule is C=C(O)C1CCC(COC)N(C(=O)OCc2ccccc2)C1. The molecule has 1 aromatic rings. The molecular weight excluding hydrogens is 282 g/mol. The Labute approximate surface area is 131 Å². The Morgan fingerprint density at radius 3 is 2.73 bits per heavy atom. The molecule has 5 nitrogen and oxygen atoms in total. The third-order valence-corrected chi connectivity index (χ3v) is 3.98. The van der Waals surface area contributed by atoms with E-state index in [4.69, 9.17) is 9.47 Å². The highest BCUT2D eigenvalue weighted by Crippen LogP contribution is 2.26. The number of nitrogens with zero attached hydrogens (tertiary/aromatic N) is 1. The first kappa shape index (κ1) is 16.4. The van der Waals surface area contributed by atoms with Gasteiger partial charge in [-0.2, -0.15) is 0 Å². The standard InChI is InChI=1S/C17H23NO4/c1-13(19)15-8-9-16(12-21-2)18(10-15)17(20)22-11-14-6-4-3-5-7-14/h3-7,15-16,19H,1,8-12H2,2H3. The van der Waals surface area contributed by atoms with Gasteiger partial charge in [0, 0.05) is 19.6 Å². The Kier molecular flexibility index (Phi) is 5.83. The number of aliphatic hydroxyl groups excluding tert-OH is 1. The van der Waals surface area contributed by atoms with E-state index in [1.807, 2.05) is 30.3 Å². The maximum atomic E-state index is 12.4. The third kappa shape index (κ3) is 4.24. The number of likely N-dealkylation sites (tertiary alicyclic amines) is 1. The summed E-state index contributed by atoms with van der Waals surface area (Å²) in [7, 11) is 1.62. The molecule has 0 aromatic heterocycles. The number of aliphatic hydroxyl groups is 1. The van der Waals surface area contributed by atoms with E-state index in [2.05, 4.69) is 6.58 Å². The number of ether oxygens (including phenoxy) is 2. The summed E-state index contributed by atoms with van der Waals surface area (Å²) in [6.07, 6.45) is 1.18. The smallest absolute Gasteiger partial charge is 0.410 e. The fourth-order valence-electron chi connectivity index (χ4n) is 2.69. The van der Waals surface area contributed by atoms with Crippen molar-refractivity contribution in [1.82, 2.24) is 4.90 Å². The first-order chi connectivity index (χ1) is 10.6. The van der Waals surface area contributed by atoms with E-state index in [1.54, 1.807) is 12.0 Å². The van der Waals surface area contributed by atoms with E-state index in [9.17, 15) is 9.90 Å². The largest absolute Gasteiger partial charge is 0.513 e. The molecule has 1 saturated heterocycles. The van der Waals surface area contributed by atoms with Gasteiger partial charge < -0.3 is 19.5 Å². The predicted octanol–water partition coefficient (Wildman–Crippen LogP) is 3.12. The number of carbonyl (C=O) groups excluding carboxylic acids is 1. The lowest BCUT2D eigenvalue weighted by Gasteiger charge is -2.38. The van der Waals surface area contributed by atoms with Crippen LogP contribution in [0.4, 0.5) is 4.79 Å². The molecule has 2 rings (SSSR count). The molecule has 1 fully saturated rings. The van der Waals surface area contributed by atoms with E-state index in [-0.39, 0.29) is 30.4 Å². The molecule has 2 unspecified atom stereocenters. The Hall–Kier alpha value is -2.01. The molecule has 1 aromatic carbocycles. The molecule has 0 radical (unpaired) electrons. The molecule has 1 heterocycles. The molecular formula is C17H23NO4. The third-order valence-electron chi connectivity index (χ3n) is 3.98. The minimum absolute atomic E-state index is 0.0242. The number of rotatable bonds is 5. The number of hydrogen-bond acceptors (Lipinski definition) is 4. The van der Waals surface area contributed by atoms with Crippen LogP contribution in [0.1, 0.15) is 18.4 Å². The van der Waals surface area contributed by atoms with Gasteiger partial charge in [-0.3, -0.25) is 0 Å². The highest BCUT2D eigenvalue weighted by molar-refractivity contribution is 5.68. The fraction of sp³-hybridized carbons (Fsp3) is 0.471. The Balaban J connectivity index is 1.97. The molecule has 22 heavy (non-hydrogen) atoms. The second-order valence-electron chi connectivity index (χ2n) is 5.57. The van der Waals surface area contributed by atoms with E-state index in [0.29, 0.717) is 13.2 Å². The highest BCUT2D eigenvalue weighted by atomic mass is 16.6. The summed E-state index contributed by atoms with van der Waals surface area (Å²) in [5.41, 5.74) is 0.944. The van der Waals surface area contributed by atoms with Crippen LogP contribution in [0.5, 0.6) is 0 Å². The van der Waals surface area contributed by atoms with Gasteiger partial charge in [0.25, 0.3) is 0 Å². The summed E-state index contributed by atoms with van der Waals surface area (Å²) in [6, 6.07) is 9.53. The van der Waals surface area contributed by atoms with Gasteiger partial charge in [0.2, 0.25) is 0 Å². The number of methoxy groups -OCH3 is 1. The average Bonchev–Trinajstić information content (AvgIpc) is 2.54. The van der Waals surface area contributed by atoms with Crippen molar-refractivity contribution in [3.05, 3.63) is 48.2 Å². The fourth-order valence-corrected chi connectivity index (χ4v) is 2.69. The number of benzene rings is 1. The Bertz CT molecular complexity index is 503. The zero-order valence-electron chi connectivity index (χ0n) is 12.9. The number of carbonyl (C=O) groups is 1. The molecule has 0 aliphatic carbocycles. The second kappa shape index (κ2) is 7.84. The zero-order valence-corrected chi connectivity index (χ0v) is 12.9. The number of amides is 1. The number of hydrogen-bond donors (Lipinski definition) is 1. The maximum absolute atomic E-state index is 12.4. The molecule has 0 saturated carbocycles. The van der Waals surface area contributed by atoms with Gasteiger partial charge in [0.1, 0.15) is 6.61 Å². The minimum atomic E-state index is -0.378. The normalized spacial score (nSPS) is 21.4. The van der Waals surface area contributed by atoms with Crippen LogP contribution in [0.3, 0.4) is 0 Å². The van der Waals surface area contributed by atoms with Gasteiger partial charge in [-0.05, 0) is 18.4 Å². The molecule has 5 heteroatoms. The maximum Gasteiger partial charge on any atom is 0.410 e. The van der Waals surface area contributed by atoms with Crippen LogP contribution in [0.15, 0.2) is 42.7 Å². The summed E-state index contributed by atoms with van der Waals surface area (Å²) < 4.78 is 10.6. The van der Waals surface area contributed by atoms with E-state index >= 15 is 0 Å². The summed E-state index contributed by atoms with van der Waals surface area (Å²) in [5, 5.41) is 9.60. The molecule has 0 spiro atoms. The van der Waals surface area contributed by atoms with Crippen molar-refractivity contribution in [1.29, 1.82) is 0 Å². The van der Waals surface area contributed by atoms with Crippen molar-refractivity contribution in [2.45, 2.75) is 25.5 Å². The zero-order chi connectivity index (χ0) is 15.9. The lowest BCUT2D eigenvalue weighted by atomic mass is 9.92. The van der Waals surface area contributed by atoms with Gasteiger partial charge in [0.05, 0.1) is 18.4 Å². The van der Waals surface area contributed by atoms with Gasteiger partial charge in [-0.1, -0.05) is 36.9 Å². The molecule has 1 N–H and O–H groups in total. The van der Waals surface area contributed by atoms with Crippen molar-refractivity contribution >= 4 is 6.09 Å². The summed E-state index contributed by atoms with van der Waals surface area (Å²) in [4.78, 5) is 14.0. The Morgan fingerprint density at radius 1 is 1.36 bits per heavy atom. The first-order valence-corrected chi connectivity index (χ1v) is 7.45. The molecule has 1 amide bonds. The molecule has 0 bridgehead atoms. The van der Waals surface area contributed by atoms with Crippen LogP contribution in [0, 0.1) is 5.92 Å². The quantitative estimate of drug-likeness (QED) is 0.849. The molecule has 1 aliphatic rings. The van der Waals surface area contributed by atoms with Crippen molar-refractivity contribution in [2.24, 2.45) is 5.92 Å². The summed E-state index contributed by atoms with van der Waals surface area (Å²) in [5.74, 6) is 0.0223.